The fourth-order valence-electron chi connectivity index (χ4n) is 3.82. The smallest absolute Gasteiger partial charge is 0.285 e. The zero-order valence-corrected chi connectivity index (χ0v) is 18.0. The lowest BCUT2D eigenvalue weighted by Crippen LogP contribution is -2.37. The highest BCUT2D eigenvalue weighted by Gasteiger charge is 2.34. The molecule has 0 saturated carbocycles. The maximum Gasteiger partial charge on any atom is 0.285 e. The van der Waals surface area contributed by atoms with Gasteiger partial charge in [-0.05, 0) is 43.2 Å². The number of hydrogen-bond acceptors (Lipinski definition) is 5. The van der Waals surface area contributed by atoms with Crippen molar-refractivity contribution in [2.24, 2.45) is 4.40 Å². The van der Waals surface area contributed by atoms with Gasteiger partial charge in [-0.3, -0.25) is 9.78 Å². The van der Waals surface area contributed by atoms with Crippen LogP contribution < -0.4 is 0 Å². The maximum atomic E-state index is 12.8. The Morgan fingerprint density at radius 2 is 1.93 bits per heavy atom. The Morgan fingerprint density at radius 1 is 1.10 bits per heavy atom. The van der Waals surface area contributed by atoms with Crippen LogP contribution in [0.3, 0.4) is 0 Å². The Bertz CT molecular complexity index is 1150. The van der Waals surface area contributed by atoms with Crippen molar-refractivity contribution in [2.75, 3.05) is 26.2 Å². The molecule has 0 bridgehead atoms. The van der Waals surface area contributed by atoms with E-state index in [1.54, 1.807) is 60.6 Å². The maximum absolute atomic E-state index is 12.8. The van der Waals surface area contributed by atoms with E-state index in [1.807, 2.05) is 4.90 Å². The van der Waals surface area contributed by atoms with Gasteiger partial charge < -0.3 is 9.80 Å². The summed E-state index contributed by atoms with van der Waals surface area (Å²) in [5.74, 6) is 0.374. The van der Waals surface area contributed by atoms with Gasteiger partial charge in [0, 0.05) is 49.2 Å². The van der Waals surface area contributed by atoms with Gasteiger partial charge in [0.1, 0.15) is 10.7 Å². The van der Waals surface area contributed by atoms with Crippen LogP contribution in [0.4, 0.5) is 0 Å². The fourth-order valence-corrected chi connectivity index (χ4v) is 5.48. The van der Waals surface area contributed by atoms with Crippen molar-refractivity contribution in [1.29, 1.82) is 0 Å². The highest BCUT2D eigenvalue weighted by Crippen LogP contribution is 2.34. The van der Waals surface area contributed by atoms with Crippen molar-refractivity contribution in [2.45, 2.75) is 13.3 Å². The molecular formula is C21H21ClN4O3S. The normalized spacial score (nSPS) is 18.9. The summed E-state index contributed by atoms with van der Waals surface area (Å²) in [6.45, 7) is 3.95. The Morgan fingerprint density at radius 3 is 2.67 bits per heavy atom. The van der Waals surface area contributed by atoms with Gasteiger partial charge in [-0.25, -0.2) is 0 Å². The minimum Gasteiger partial charge on any atom is -0.354 e. The number of pyridine rings is 1. The molecule has 9 heteroatoms. The molecule has 1 aromatic carbocycles. The monoisotopic (exact) mass is 444 g/mol. The van der Waals surface area contributed by atoms with Gasteiger partial charge in [0.15, 0.2) is 0 Å². The standard InChI is InChI=1S/C21H21ClN4O3S/c1-15-19(16-5-2-7-18(22)13-16)30(28,29)24-20(15)25-9-4-10-26(12-11-25)21(27)17-6-3-8-23-14-17/h2-3,5-8,13-14H,4,9-12H2,1H3. The number of amides is 1. The van der Waals surface area contributed by atoms with Crippen LogP contribution in [0.25, 0.3) is 4.91 Å². The van der Waals surface area contributed by atoms with Crippen molar-refractivity contribution in [3.63, 3.8) is 0 Å². The molecule has 0 spiro atoms. The number of nitrogens with zero attached hydrogens (tertiary/aromatic N) is 4. The van der Waals surface area contributed by atoms with Gasteiger partial charge in [-0.2, -0.15) is 8.42 Å². The summed E-state index contributed by atoms with van der Waals surface area (Å²) in [6.07, 6.45) is 3.90. The number of benzene rings is 1. The molecule has 2 aliphatic rings. The summed E-state index contributed by atoms with van der Waals surface area (Å²) < 4.78 is 29.7. The fraction of sp³-hybridized carbons (Fsp3) is 0.286. The summed E-state index contributed by atoms with van der Waals surface area (Å²) in [6, 6.07) is 10.3. The van der Waals surface area contributed by atoms with Crippen molar-refractivity contribution < 1.29 is 13.2 Å². The summed E-state index contributed by atoms with van der Waals surface area (Å²) >= 11 is 6.06. The summed E-state index contributed by atoms with van der Waals surface area (Å²) in [5, 5.41) is 0.468. The lowest BCUT2D eigenvalue weighted by molar-refractivity contribution is 0.0763. The second-order valence-corrected chi connectivity index (χ2v) is 9.21. The lowest BCUT2D eigenvalue weighted by Gasteiger charge is -2.23. The first-order valence-corrected chi connectivity index (χ1v) is 11.4. The van der Waals surface area contributed by atoms with Crippen LogP contribution >= 0.6 is 11.6 Å². The number of carbonyl (C=O) groups is 1. The Kier molecular flexibility index (Phi) is 5.62. The van der Waals surface area contributed by atoms with Crippen molar-refractivity contribution in [3.05, 3.63) is 70.5 Å². The number of hydrogen-bond donors (Lipinski definition) is 0. The predicted molar refractivity (Wildman–Crippen MR) is 117 cm³/mol. The molecule has 0 aliphatic carbocycles. The highest BCUT2D eigenvalue weighted by atomic mass is 35.5. The average Bonchev–Trinajstić information content (AvgIpc) is 2.88. The van der Waals surface area contributed by atoms with Crippen LogP contribution in [0.5, 0.6) is 0 Å². The second kappa shape index (κ2) is 8.20. The Hall–Kier alpha value is -2.71. The van der Waals surface area contributed by atoms with Gasteiger partial charge in [0.2, 0.25) is 0 Å². The number of amidine groups is 1. The first-order valence-electron chi connectivity index (χ1n) is 9.63. The predicted octanol–water partition coefficient (Wildman–Crippen LogP) is 3.06. The molecule has 0 unspecified atom stereocenters. The molecule has 2 aromatic rings. The van der Waals surface area contributed by atoms with E-state index in [1.165, 1.54) is 0 Å². The molecule has 1 aromatic heterocycles. The van der Waals surface area contributed by atoms with E-state index in [2.05, 4.69) is 9.38 Å². The third-order valence-corrected chi connectivity index (χ3v) is 6.92. The number of carbonyl (C=O) groups excluding carboxylic acids is 1. The van der Waals surface area contributed by atoms with E-state index in [4.69, 9.17) is 11.6 Å². The molecule has 2 aliphatic heterocycles. The van der Waals surface area contributed by atoms with Gasteiger partial charge in [-0.15, -0.1) is 4.40 Å². The van der Waals surface area contributed by atoms with Crippen LogP contribution in [0, 0.1) is 0 Å². The van der Waals surface area contributed by atoms with E-state index in [9.17, 15) is 13.2 Å². The summed E-state index contributed by atoms with van der Waals surface area (Å²) in [4.78, 5) is 20.7. The highest BCUT2D eigenvalue weighted by molar-refractivity contribution is 8.00. The first kappa shape index (κ1) is 20.6. The van der Waals surface area contributed by atoms with Crippen molar-refractivity contribution in [3.8, 4) is 0 Å². The number of halogens is 1. The molecule has 3 heterocycles. The summed E-state index contributed by atoms with van der Waals surface area (Å²) in [7, 11) is -3.81. The first-order chi connectivity index (χ1) is 14.4. The Balaban J connectivity index is 1.57. The van der Waals surface area contributed by atoms with E-state index < -0.39 is 10.0 Å². The number of aromatic nitrogens is 1. The minimum atomic E-state index is -3.81. The molecule has 1 saturated heterocycles. The molecule has 0 atom stereocenters. The average molecular weight is 445 g/mol. The molecule has 1 fully saturated rings. The third-order valence-electron chi connectivity index (χ3n) is 5.22. The quantitative estimate of drug-likeness (QED) is 0.710. The molecule has 4 rings (SSSR count). The van der Waals surface area contributed by atoms with Gasteiger partial charge in [-0.1, -0.05) is 23.7 Å². The molecule has 7 nitrogen and oxygen atoms in total. The van der Waals surface area contributed by atoms with E-state index >= 15 is 0 Å². The van der Waals surface area contributed by atoms with Crippen LogP contribution in [0.2, 0.25) is 5.02 Å². The zero-order chi connectivity index (χ0) is 21.3. The minimum absolute atomic E-state index is 0.0715. The van der Waals surface area contributed by atoms with Gasteiger partial charge in [0.05, 0.1) is 5.56 Å². The van der Waals surface area contributed by atoms with E-state index in [-0.39, 0.29) is 10.8 Å². The zero-order valence-electron chi connectivity index (χ0n) is 16.5. The van der Waals surface area contributed by atoms with Crippen LogP contribution in [-0.4, -0.2) is 61.1 Å². The summed E-state index contributed by atoms with van der Waals surface area (Å²) in [5.41, 5.74) is 1.68. The molecule has 156 valence electrons. The van der Waals surface area contributed by atoms with Crippen LogP contribution in [-0.2, 0) is 10.0 Å². The number of sulfonamides is 1. The van der Waals surface area contributed by atoms with Crippen LogP contribution in [0.1, 0.15) is 29.3 Å². The SMILES string of the molecule is CC1=C(c2cccc(Cl)c2)S(=O)(=O)N=C1N1CCCN(C(=O)c2cccnc2)CC1. The van der Waals surface area contributed by atoms with Crippen LogP contribution in [0.15, 0.2) is 58.8 Å². The van der Waals surface area contributed by atoms with Gasteiger partial charge >= 0.3 is 0 Å². The van der Waals surface area contributed by atoms with Crippen molar-refractivity contribution >= 4 is 38.3 Å². The largest absolute Gasteiger partial charge is 0.354 e. The molecule has 0 N–H and O–H groups in total. The van der Waals surface area contributed by atoms with Gasteiger partial charge in [0.25, 0.3) is 15.9 Å². The molecular weight excluding hydrogens is 424 g/mol. The molecule has 30 heavy (non-hydrogen) atoms. The third kappa shape index (κ3) is 3.97. The second-order valence-electron chi connectivity index (χ2n) is 7.23. The number of rotatable bonds is 2. The Labute approximate surface area is 180 Å². The lowest BCUT2D eigenvalue weighted by atomic mass is 10.1. The van der Waals surface area contributed by atoms with E-state index in [0.717, 1.165) is 0 Å². The van der Waals surface area contributed by atoms with Crippen molar-refractivity contribution in [1.82, 2.24) is 14.8 Å². The topological polar surface area (TPSA) is 82.9 Å². The molecule has 1 amide bonds. The van der Waals surface area contributed by atoms with E-state index in [0.29, 0.717) is 60.2 Å². The molecule has 0 radical (unpaired) electrons.